The summed E-state index contributed by atoms with van der Waals surface area (Å²) in [4.78, 5) is 6.42. The predicted octanol–water partition coefficient (Wildman–Crippen LogP) is 3.14. The minimum atomic E-state index is 0.488. The molecule has 0 aliphatic carbocycles. The van der Waals surface area contributed by atoms with Crippen LogP contribution in [-0.4, -0.2) is 11.0 Å². The molecule has 3 heteroatoms. The van der Waals surface area contributed by atoms with Crippen LogP contribution in [-0.2, 0) is 6.42 Å². The number of aryl methyl sites for hydroxylation is 1. The summed E-state index contributed by atoms with van der Waals surface area (Å²) >= 11 is 0. The topological polar surface area (TPSA) is 42.2 Å². The summed E-state index contributed by atoms with van der Waals surface area (Å²) in [6.45, 7) is 2.26. The third-order valence-corrected chi connectivity index (χ3v) is 3.57. The molecule has 0 fully saturated rings. The molecular formula is C15H17N3. The Balaban J connectivity index is 2.10. The highest BCUT2D eigenvalue weighted by atomic mass is 15.2. The van der Waals surface area contributed by atoms with E-state index in [1.807, 2.05) is 12.1 Å². The summed E-state index contributed by atoms with van der Waals surface area (Å²) in [5.41, 5.74) is 9.62. The van der Waals surface area contributed by atoms with Gasteiger partial charge >= 0.3 is 0 Å². The Morgan fingerprint density at radius 1 is 1.28 bits per heavy atom. The molecule has 2 heterocycles. The molecule has 0 spiro atoms. The maximum absolute atomic E-state index is 5.79. The third kappa shape index (κ3) is 1.82. The quantitative estimate of drug-likeness (QED) is 0.831. The fraction of sp³-hybridized carbons (Fsp3) is 0.267. The Morgan fingerprint density at radius 3 is 2.94 bits per heavy atom. The second-order valence-corrected chi connectivity index (χ2v) is 4.83. The van der Waals surface area contributed by atoms with Gasteiger partial charge in [0.2, 0.25) is 0 Å². The average Bonchev–Trinajstić information content (AvgIpc) is 2.38. The van der Waals surface area contributed by atoms with Crippen molar-refractivity contribution < 1.29 is 0 Å². The normalized spacial score (nSPS) is 18.5. The summed E-state index contributed by atoms with van der Waals surface area (Å²) in [7, 11) is 0. The van der Waals surface area contributed by atoms with Crippen LogP contribution in [0.25, 0.3) is 0 Å². The largest absolute Gasteiger partial charge is 0.384 e. The van der Waals surface area contributed by atoms with Crippen LogP contribution in [0.1, 0.15) is 18.9 Å². The number of anilines is 3. The predicted molar refractivity (Wildman–Crippen MR) is 75.0 cm³/mol. The maximum atomic E-state index is 5.79. The Labute approximate surface area is 107 Å². The summed E-state index contributed by atoms with van der Waals surface area (Å²) in [6.07, 6.45) is 4.09. The van der Waals surface area contributed by atoms with Gasteiger partial charge in [-0.05, 0) is 37.5 Å². The van der Waals surface area contributed by atoms with Gasteiger partial charge in [0.15, 0.2) is 0 Å². The van der Waals surface area contributed by atoms with Crippen LogP contribution in [0.3, 0.4) is 0 Å². The first-order valence-electron chi connectivity index (χ1n) is 6.34. The highest BCUT2D eigenvalue weighted by molar-refractivity contribution is 5.69. The first-order valence-corrected chi connectivity index (χ1v) is 6.34. The van der Waals surface area contributed by atoms with Crippen LogP contribution in [0.4, 0.5) is 17.2 Å². The fourth-order valence-electron chi connectivity index (χ4n) is 2.67. The molecule has 92 valence electrons. The molecule has 1 aromatic carbocycles. The number of fused-ring (bicyclic) bond motifs is 1. The van der Waals surface area contributed by atoms with Crippen LogP contribution in [0.15, 0.2) is 42.6 Å². The Bertz CT molecular complexity index is 565. The van der Waals surface area contributed by atoms with Crippen molar-refractivity contribution in [3.63, 3.8) is 0 Å². The first-order chi connectivity index (χ1) is 8.75. The van der Waals surface area contributed by atoms with E-state index in [0.717, 1.165) is 12.1 Å². The summed E-state index contributed by atoms with van der Waals surface area (Å²) in [5, 5.41) is 0. The number of para-hydroxylation sites is 1. The van der Waals surface area contributed by atoms with E-state index in [1.165, 1.54) is 17.7 Å². The number of benzene rings is 1. The zero-order valence-corrected chi connectivity index (χ0v) is 10.5. The fourth-order valence-corrected chi connectivity index (χ4v) is 2.67. The highest BCUT2D eigenvalue weighted by Gasteiger charge is 2.23. The van der Waals surface area contributed by atoms with Gasteiger partial charge in [0.1, 0.15) is 5.82 Å². The Morgan fingerprint density at radius 2 is 2.11 bits per heavy atom. The monoisotopic (exact) mass is 239 g/mol. The van der Waals surface area contributed by atoms with Crippen molar-refractivity contribution in [3.8, 4) is 0 Å². The summed E-state index contributed by atoms with van der Waals surface area (Å²) in [6, 6.07) is 13.0. The van der Waals surface area contributed by atoms with Crippen LogP contribution in [0.5, 0.6) is 0 Å². The average molecular weight is 239 g/mol. The lowest BCUT2D eigenvalue weighted by Gasteiger charge is -2.37. The standard InChI is InChI=1S/C15H17N3/c1-11-6-7-12-4-2-3-5-14(12)18(11)13-8-9-17-15(16)10-13/h2-5,8-11H,6-7H2,1H3,(H2,16,17). The van der Waals surface area contributed by atoms with E-state index in [0.29, 0.717) is 11.9 Å². The molecule has 0 radical (unpaired) electrons. The highest BCUT2D eigenvalue weighted by Crippen LogP contribution is 2.36. The van der Waals surface area contributed by atoms with Crippen LogP contribution in [0, 0.1) is 0 Å². The van der Waals surface area contributed by atoms with Gasteiger partial charge in [0.25, 0.3) is 0 Å². The molecule has 1 atom stereocenters. The number of hydrogen-bond donors (Lipinski definition) is 1. The molecule has 1 unspecified atom stereocenters. The van der Waals surface area contributed by atoms with Crippen molar-refractivity contribution in [2.75, 3.05) is 10.6 Å². The van der Waals surface area contributed by atoms with Gasteiger partial charge < -0.3 is 10.6 Å². The van der Waals surface area contributed by atoms with Gasteiger partial charge in [-0.1, -0.05) is 18.2 Å². The number of nitrogen functional groups attached to an aromatic ring is 1. The van der Waals surface area contributed by atoms with Crippen molar-refractivity contribution in [1.29, 1.82) is 0 Å². The molecule has 0 saturated heterocycles. The minimum absolute atomic E-state index is 0.488. The van der Waals surface area contributed by atoms with Crippen LogP contribution >= 0.6 is 0 Å². The number of aromatic nitrogens is 1. The SMILES string of the molecule is CC1CCc2ccccc2N1c1ccnc(N)c1. The van der Waals surface area contributed by atoms with Gasteiger partial charge in [0, 0.05) is 29.7 Å². The molecular weight excluding hydrogens is 222 g/mol. The van der Waals surface area contributed by atoms with Gasteiger partial charge in [-0.25, -0.2) is 4.98 Å². The van der Waals surface area contributed by atoms with Crippen molar-refractivity contribution in [2.45, 2.75) is 25.8 Å². The number of pyridine rings is 1. The number of rotatable bonds is 1. The lowest BCUT2D eigenvalue weighted by molar-refractivity contribution is 0.618. The van der Waals surface area contributed by atoms with Crippen molar-refractivity contribution >= 4 is 17.2 Å². The van der Waals surface area contributed by atoms with E-state index >= 15 is 0 Å². The second-order valence-electron chi connectivity index (χ2n) is 4.83. The van der Waals surface area contributed by atoms with Gasteiger partial charge in [0.05, 0.1) is 0 Å². The first kappa shape index (κ1) is 11.1. The van der Waals surface area contributed by atoms with E-state index < -0.39 is 0 Å². The minimum Gasteiger partial charge on any atom is -0.384 e. The Kier molecular flexibility index (Phi) is 2.67. The lowest BCUT2D eigenvalue weighted by atomic mass is 9.96. The molecule has 1 aliphatic rings. The van der Waals surface area contributed by atoms with Gasteiger partial charge in [-0.3, -0.25) is 0 Å². The third-order valence-electron chi connectivity index (χ3n) is 3.57. The van der Waals surface area contributed by atoms with E-state index in [1.54, 1.807) is 6.20 Å². The number of nitrogens with zero attached hydrogens (tertiary/aromatic N) is 2. The van der Waals surface area contributed by atoms with Crippen molar-refractivity contribution in [1.82, 2.24) is 4.98 Å². The summed E-state index contributed by atoms with van der Waals surface area (Å²) in [5.74, 6) is 0.572. The molecule has 2 aromatic rings. The molecule has 1 aliphatic heterocycles. The zero-order valence-electron chi connectivity index (χ0n) is 10.5. The van der Waals surface area contributed by atoms with E-state index in [2.05, 4.69) is 41.1 Å². The smallest absolute Gasteiger partial charge is 0.125 e. The van der Waals surface area contributed by atoms with E-state index in [4.69, 9.17) is 5.73 Å². The molecule has 0 amide bonds. The van der Waals surface area contributed by atoms with Gasteiger partial charge in [-0.2, -0.15) is 0 Å². The molecule has 0 saturated carbocycles. The van der Waals surface area contributed by atoms with Crippen LogP contribution in [0.2, 0.25) is 0 Å². The Hall–Kier alpha value is -2.03. The number of hydrogen-bond acceptors (Lipinski definition) is 3. The van der Waals surface area contributed by atoms with E-state index in [-0.39, 0.29) is 0 Å². The molecule has 0 bridgehead atoms. The second kappa shape index (κ2) is 4.33. The lowest BCUT2D eigenvalue weighted by Crippen LogP contribution is -2.33. The zero-order chi connectivity index (χ0) is 12.5. The molecule has 3 rings (SSSR count). The summed E-state index contributed by atoms with van der Waals surface area (Å²) < 4.78 is 0. The number of nitrogens with two attached hydrogens (primary N) is 1. The van der Waals surface area contributed by atoms with Crippen molar-refractivity contribution in [3.05, 3.63) is 48.2 Å². The van der Waals surface area contributed by atoms with Gasteiger partial charge in [-0.15, -0.1) is 0 Å². The van der Waals surface area contributed by atoms with E-state index in [9.17, 15) is 0 Å². The molecule has 1 aromatic heterocycles. The van der Waals surface area contributed by atoms with Crippen LogP contribution < -0.4 is 10.6 Å². The molecule has 3 nitrogen and oxygen atoms in total. The molecule has 18 heavy (non-hydrogen) atoms. The van der Waals surface area contributed by atoms with Crippen molar-refractivity contribution in [2.24, 2.45) is 0 Å². The molecule has 2 N–H and O–H groups in total. The maximum Gasteiger partial charge on any atom is 0.125 e.